The standard InChI is InChI=1S/C24H27N3O4/c1-17-13-14-19(31-18-9-6-5-7-10-18)15-23(17)30-16-20-21(11-8-12-22(20)29-4)26(2)24(28)27(3)25/h5-15H,16,25H2,1-4H3. The van der Waals surface area contributed by atoms with E-state index in [1.165, 1.54) is 11.9 Å². The number of rotatable bonds is 7. The van der Waals surface area contributed by atoms with E-state index in [-0.39, 0.29) is 12.6 Å². The predicted octanol–water partition coefficient (Wildman–Crippen LogP) is 4.74. The minimum atomic E-state index is -0.357. The summed E-state index contributed by atoms with van der Waals surface area (Å²) in [4.78, 5) is 13.8. The number of hydrogen-bond donors (Lipinski definition) is 1. The van der Waals surface area contributed by atoms with Crippen LogP contribution in [-0.2, 0) is 6.61 Å². The molecular formula is C24H27N3O4. The number of urea groups is 1. The number of nitrogens with zero attached hydrogens (tertiary/aromatic N) is 2. The summed E-state index contributed by atoms with van der Waals surface area (Å²) in [6, 6.07) is 20.3. The van der Waals surface area contributed by atoms with E-state index in [1.54, 1.807) is 14.2 Å². The molecule has 0 saturated heterocycles. The van der Waals surface area contributed by atoms with E-state index in [4.69, 9.17) is 20.1 Å². The van der Waals surface area contributed by atoms with E-state index in [9.17, 15) is 4.79 Å². The normalized spacial score (nSPS) is 10.4. The van der Waals surface area contributed by atoms with Crippen LogP contribution in [0.2, 0.25) is 0 Å². The molecule has 0 unspecified atom stereocenters. The van der Waals surface area contributed by atoms with E-state index < -0.39 is 0 Å². The van der Waals surface area contributed by atoms with Gasteiger partial charge in [0.1, 0.15) is 29.6 Å². The van der Waals surface area contributed by atoms with E-state index in [0.29, 0.717) is 22.9 Å². The maximum Gasteiger partial charge on any atom is 0.338 e. The van der Waals surface area contributed by atoms with Crippen molar-refractivity contribution in [1.29, 1.82) is 0 Å². The van der Waals surface area contributed by atoms with Gasteiger partial charge in [-0.2, -0.15) is 0 Å². The Morgan fingerprint density at radius 3 is 2.35 bits per heavy atom. The average molecular weight is 421 g/mol. The maximum atomic E-state index is 12.4. The average Bonchev–Trinajstić information content (AvgIpc) is 2.78. The number of anilines is 1. The highest BCUT2D eigenvalue weighted by Gasteiger charge is 2.20. The van der Waals surface area contributed by atoms with Gasteiger partial charge in [-0.25, -0.2) is 10.6 Å². The minimum Gasteiger partial charge on any atom is -0.496 e. The van der Waals surface area contributed by atoms with Crippen molar-refractivity contribution in [3.05, 3.63) is 77.9 Å². The van der Waals surface area contributed by atoms with Crippen LogP contribution in [0.1, 0.15) is 11.1 Å². The van der Waals surface area contributed by atoms with Crippen molar-refractivity contribution < 1.29 is 19.0 Å². The third-order valence-corrected chi connectivity index (χ3v) is 4.79. The molecule has 7 heteroatoms. The Balaban J connectivity index is 1.85. The van der Waals surface area contributed by atoms with Crippen molar-refractivity contribution >= 4 is 11.7 Å². The Bertz CT molecular complexity index is 1040. The predicted molar refractivity (Wildman–Crippen MR) is 121 cm³/mol. The van der Waals surface area contributed by atoms with Gasteiger partial charge < -0.3 is 14.2 Å². The zero-order valence-electron chi connectivity index (χ0n) is 18.2. The Kier molecular flexibility index (Phi) is 6.99. The largest absolute Gasteiger partial charge is 0.496 e. The van der Waals surface area contributed by atoms with E-state index in [0.717, 1.165) is 21.9 Å². The summed E-state index contributed by atoms with van der Waals surface area (Å²) in [5.74, 6) is 8.33. The van der Waals surface area contributed by atoms with Gasteiger partial charge in [0.2, 0.25) is 0 Å². The molecule has 2 N–H and O–H groups in total. The highest BCUT2D eigenvalue weighted by molar-refractivity contribution is 5.92. The first-order chi connectivity index (χ1) is 14.9. The summed E-state index contributed by atoms with van der Waals surface area (Å²) in [7, 11) is 4.74. The van der Waals surface area contributed by atoms with Gasteiger partial charge >= 0.3 is 6.03 Å². The Morgan fingerprint density at radius 2 is 1.68 bits per heavy atom. The Labute approximate surface area is 182 Å². The van der Waals surface area contributed by atoms with Crippen molar-refractivity contribution in [2.24, 2.45) is 5.84 Å². The van der Waals surface area contributed by atoms with Gasteiger partial charge in [0, 0.05) is 20.2 Å². The zero-order valence-corrected chi connectivity index (χ0v) is 18.2. The molecule has 0 spiro atoms. The summed E-state index contributed by atoms with van der Waals surface area (Å²) in [6.07, 6.45) is 0. The van der Waals surface area contributed by atoms with E-state index in [1.807, 2.05) is 73.7 Å². The molecule has 0 aliphatic heterocycles. The lowest BCUT2D eigenvalue weighted by Crippen LogP contribution is -2.43. The number of benzene rings is 3. The number of carbonyl (C=O) groups is 1. The molecular weight excluding hydrogens is 394 g/mol. The van der Waals surface area contributed by atoms with Crippen molar-refractivity contribution in [1.82, 2.24) is 5.01 Å². The summed E-state index contributed by atoms with van der Waals surface area (Å²) < 4.78 is 17.6. The highest BCUT2D eigenvalue weighted by Crippen LogP contribution is 2.33. The molecule has 2 amide bonds. The fourth-order valence-electron chi connectivity index (χ4n) is 3.12. The number of carbonyl (C=O) groups excluding carboxylic acids is 1. The number of methoxy groups -OCH3 is 1. The van der Waals surface area contributed by atoms with Crippen molar-refractivity contribution in [2.45, 2.75) is 13.5 Å². The topological polar surface area (TPSA) is 77.3 Å². The fraction of sp³-hybridized carbons (Fsp3) is 0.208. The van der Waals surface area contributed by atoms with Crippen LogP contribution in [0.5, 0.6) is 23.0 Å². The molecule has 7 nitrogen and oxygen atoms in total. The fourth-order valence-corrected chi connectivity index (χ4v) is 3.12. The quantitative estimate of drug-likeness (QED) is 0.339. The van der Waals surface area contributed by atoms with Gasteiger partial charge in [0.25, 0.3) is 0 Å². The van der Waals surface area contributed by atoms with E-state index in [2.05, 4.69) is 0 Å². The van der Waals surface area contributed by atoms with Gasteiger partial charge in [0.05, 0.1) is 18.4 Å². The second-order valence-electron chi connectivity index (χ2n) is 7.04. The van der Waals surface area contributed by atoms with Gasteiger partial charge in [-0.3, -0.25) is 9.91 Å². The monoisotopic (exact) mass is 421 g/mol. The van der Waals surface area contributed by atoms with E-state index >= 15 is 0 Å². The number of amides is 2. The van der Waals surface area contributed by atoms with Crippen LogP contribution in [0.4, 0.5) is 10.5 Å². The van der Waals surface area contributed by atoms with Crippen LogP contribution in [-0.4, -0.2) is 32.2 Å². The van der Waals surface area contributed by atoms with Crippen LogP contribution >= 0.6 is 0 Å². The molecule has 3 aromatic carbocycles. The molecule has 3 aromatic rings. The third kappa shape index (κ3) is 5.26. The third-order valence-electron chi connectivity index (χ3n) is 4.79. The lowest BCUT2D eigenvalue weighted by atomic mass is 10.1. The lowest BCUT2D eigenvalue weighted by molar-refractivity contribution is 0.217. The molecule has 162 valence electrons. The first-order valence-electron chi connectivity index (χ1n) is 9.79. The number of hydrazine groups is 1. The summed E-state index contributed by atoms with van der Waals surface area (Å²) in [5, 5.41) is 1.03. The molecule has 0 saturated carbocycles. The summed E-state index contributed by atoms with van der Waals surface area (Å²) >= 11 is 0. The van der Waals surface area contributed by atoms with Gasteiger partial charge in [0.15, 0.2) is 0 Å². The maximum absolute atomic E-state index is 12.4. The Morgan fingerprint density at radius 1 is 0.935 bits per heavy atom. The molecule has 0 aliphatic carbocycles. The molecule has 31 heavy (non-hydrogen) atoms. The number of aryl methyl sites for hydroxylation is 1. The molecule has 3 rings (SSSR count). The molecule has 0 radical (unpaired) electrons. The smallest absolute Gasteiger partial charge is 0.338 e. The molecule has 0 fully saturated rings. The number of nitrogens with two attached hydrogens (primary N) is 1. The molecule has 0 aliphatic rings. The van der Waals surface area contributed by atoms with Crippen LogP contribution < -0.4 is 25.0 Å². The van der Waals surface area contributed by atoms with Crippen LogP contribution in [0, 0.1) is 6.92 Å². The zero-order chi connectivity index (χ0) is 22.4. The van der Waals surface area contributed by atoms with Crippen molar-refractivity contribution in [3.8, 4) is 23.0 Å². The van der Waals surface area contributed by atoms with Gasteiger partial charge in [-0.05, 0) is 42.8 Å². The van der Waals surface area contributed by atoms with Crippen LogP contribution in [0.25, 0.3) is 0 Å². The summed E-state index contributed by atoms with van der Waals surface area (Å²) in [5.41, 5.74) is 2.34. The van der Waals surface area contributed by atoms with Crippen molar-refractivity contribution in [3.63, 3.8) is 0 Å². The van der Waals surface area contributed by atoms with Gasteiger partial charge in [-0.15, -0.1) is 0 Å². The molecule has 0 aromatic heterocycles. The first kappa shape index (κ1) is 22.0. The van der Waals surface area contributed by atoms with Crippen molar-refractivity contribution in [2.75, 3.05) is 26.1 Å². The highest BCUT2D eigenvalue weighted by atomic mass is 16.5. The van der Waals surface area contributed by atoms with Crippen LogP contribution in [0.15, 0.2) is 66.7 Å². The summed E-state index contributed by atoms with van der Waals surface area (Å²) in [6.45, 7) is 2.16. The SMILES string of the molecule is COc1cccc(N(C)C(=O)N(C)N)c1COc1cc(Oc2ccccc2)ccc1C. The van der Waals surface area contributed by atoms with Gasteiger partial charge in [-0.1, -0.05) is 30.3 Å². The Hall–Kier alpha value is -3.71. The minimum absolute atomic E-state index is 0.195. The number of para-hydroxylation sites is 1. The second-order valence-corrected chi connectivity index (χ2v) is 7.04. The molecule has 0 atom stereocenters. The first-order valence-corrected chi connectivity index (χ1v) is 9.79. The number of hydrogen-bond acceptors (Lipinski definition) is 5. The lowest BCUT2D eigenvalue weighted by Gasteiger charge is -2.25. The number of ether oxygens (including phenoxy) is 3. The second kappa shape index (κ2) is 9.86. The molecule has 0 heterocycles. The van der Waals surface area contributed by atoms with Crippen LogP contribution in [0.3, 0.4) is 0 Å². The molecule has 0 bridgehead atoms.